The maximum absolute atomic E-state index is 14.2. The van der Waals surface area contributed by atoms with Gasteiger partial charge in [-0.1, -0.05) is 6.07 Å². The molecular weight excluding hydrogens is 289 g/mol. The van der Waals surface area contributed by atoms with E-state index in [1.165, 1.54) is 17.4 Å². The fourth-order valence-electron chi connectivity index (χ4n) is 2.48. The van der Waals surface area contributed by atoms with Crippen LogP contribution in [0.5, 0.6) is 0 Å². The van der Waals surface area contributed by atoms with Crippen molar-refractivity contribution in [2.24, 2.45) is 0 Å². The van der Waals surface area contributed by atoms with Gasteiger partial charge in [0.05, 0.1) is 16.1 Å². The van der Waals surface area contributed by atoms with Crippen molar-refractivity contribution in [3.8, 4) is 10.6 Å². The number of nitrogens with zero attached hydrogens (tertiary/aromatic N) is 1. The maximum Gasteiger partial charge on any atom is 0.336 e. The van der Waals surface area contributed by atoms with Crippen molar-refractivity contribution in [1.29, 1.82) is 0 Å². The topological polar surface area (TPSA) is 50.2 Å². The molecule has 106 valence electrons. The molecule has 0 saturated heterocycles. The summed E-state index contributed by atoms with van der Waals surface area (Å²) in [6.45, 7) is 3.45. The number of carboxylic acids is 1. The molecule has 0 spiro atoms. The number of pyridine rings is 1. The number of carboxylic acid groups (broad SMARTS) is 1. The first-order chi connectivity index (χ1) is 9.99. The average molecular weight is 301 g/mol. The molecule has 1 aromatic carbocycles. The number of aromatic nitrogens is 1. The van der Waals surface area contributed by atoms with E-state index in [1.54, 1.807) is 19.9 Å². The molecule has 1 N–H and O–H groups in total. The Kier molecular flexibility index (Phi) is 3.22. The molecule has 0 aliphatic rings. The Balaban J connectivity index is 2.48. The molecule has 0 aliphatic heterocycles. The van der Waals surface area contributed by atoms with Gasteiger partial charge in [-0.05, 0) is 48.6 Å². The molecule has 0 unspecified atom stereocenters. The standard InChI is InChI=1S/C16H12FNO2S/c1-8-6-10-13(16(19)20)9(2)14(12-4-3-5-21-12)18-15(10)11(17)7-8/h3-7H,1-2H3,(H,19,20). The van der Waals surface area contributed by atoms with Crippen LogP contribution in [0.1, 0.15) is 21.5 Å². The first kappa shape index (κ1) is 13.7. The van der Waals surface area contributed by atoms with E-state index in [-0.39, 0.29) is 11.1 Å². The predicted molar refractivity (Wildman–Crippen MR) is 81.4 cm³/mol. The van der Waals surface area contributed by atoms with E-state index in [2.05, 4.69) is 4.98 Å². The van der Waals surface area contributed by atoms with Gasteiger partial charge in [0.15, 0.2) is 0 Å². The first-order valence-corrected chi connectivity index (χ1v) is 7.24. The van der Waals surface area contributed by atoms with Crippen LogP contribution in [-0.4, -0.2) is 16.1 Å². The second-order valence-corrected chi connectivity index (χ2v) is 5.83. The number of hydrogen-bond donors (Lipinski definition) is 1. The Labute approximate surface area is 124 Å². The van der Waals surface area contributed by atoms with Gasteiger partial charge in [-0.2, -0.15) is 0 Å². The number of hydrogen-bond acceptors (Lipinski definition) is 3. The van der Waals surface area contributed by atoms with E-state index >= 15 is 0 Å². The summed E-state index contributed by atoms with van der Waals surface area (Å²) in [6, 6.07) is 6.75. The molecule has 3 rings (SSSR count). The van der Waals surface area contributed by atoms with E-state index < -0.39 is 11.8 Å². The summed E-state index contributed by atoms with van der Waals surface area (Å²) in [5, 5.41) is 11.7. The fraction of sp³-hybridized carbons (Fsp3) is 0.125. The summed E-state index contributed by atoms with van der Waals surface area (Å²) < 4.78 is 14.2. The summed E-state index contributed by atoms with van der Waals surface area (Å²) in [7, 11) is 0. The van der Waals surface area contributed by atoms with Crippen molar-refractivity contribution >= 4 is 28.2 Å². The number of aryl methyl sites for hydroxylation is 1. The number of halogens is 1. The summed E-state index contributed by atoms with van der Waals surface area (Å²) in [4.78, 5) is 16.8. The highest BCUT2D eigenvalue weighted by Gasteiger charge is 2.20. The zero-order chi connectivity index (χ0) is 15.1. The van der Waals surface area contributed by atoms with Crippen molar-refractivity contribution in [1.82, 2.24) is 4.98 Å². The van der Waals surface area contributed by atoms with Crippen LogP contribution in [0.2, 0.25) is 0 Å². The molecule has 21 heavy (non-hydrogen) atoms. The van der Waals surface area contributed by atoms with Crippen molar-refractivity contribution in [2.75, 3.05) is 0 Å². The molecule has 0 saturated carbocycles. The van der Waals surface area contributed by atoms with Crippen molar-refractivity contribution in [3.63, 3.8) is 0 Å². The molecular formula is C16H12FNO2S. The van der Waals surface area contributed by atoms with Gasteiger partial charge in [-0.3, -0.25) is 0 Å². The molecule has 2 aromatic heterocycles. The number of aromatic carboxylic acids is 1. The van der Waals surface area contributed by atoms with Gasteiger partial charge in [0.25, 0.3) is 0 Å². The van der Waals surface area contributed by atoms with Gasteiger partial charge in [-0.25, -0.2) is 14.2 Å². The fourth-order valence-corrected chi connectivity index (χ4v) is 3.25. The number of rotatable bonds is 2. The summed E-state index contributed by atoms with van der Waals surface area (Å²) >= 11 is 1.45. The number of carbonyl (C=O) groups is 1. The lowest BCUT2D eigenvalue weighted by molar-refractivity contribution is 0.0698. The molecule has 5 heteroatoms. The Hall–Kier alpha value is -2.27. The Bertz CT molecular complexity index is 857. The molecule has 0 aliphatic carbocycles. The van der Waals surface area contributed by atoms with Crippen molar-refractivity contribution in [2.45, 2.75) is 13.8 Å². The molecule has 0 radical (unpaired) electrons. The maximum atomic E-state index is 14.2. The van der Waals surface area contributed by atoms with Crippen molar-refractivity contribution in [3.05, 3.63) is 52.2 Å². The van der Waals surface area contributed by atoms with Gasteiger partial charge < -0.3 is 5.11 Å². The largest absolute Gasteiger partial charge is 0.478 e. The third-order valence-corrected chi connectivity index (χ3v) is 4.28. The zero-order valence-corrected chi connectivity index (χ0v) is 12.3. The zero-order valence-electron chi connectivity index (χ0n) is 11.5. The summed E-state index contributed by atoms with van der Waals surface area (Å²) in [6.07, 6.45) is 0. The monoisotopic (exact) mass is 301 g/mol. The first-order valence-electron chi connectivity index (χ1n) is 6.36. The van der Waals surface area contributed by atoms with E-state index in [1.807, 2.05) is 17.5 Å². The van der Waals surface area contributed by atoms with Crippen LogP contribution in [-0.2, 0) is 0 Å². The predicted octanol–water partition coefficient (Wildman–Crippen LogP) is 4.42. The molecule has 3 nitrogen and oxygen atoms in total. The van der Waals surface area contributed by atoms with Gasteiger partial charge >= 0.3 is 5.97 Å². The van der Waals surface area contributed by atoms with E-state index in [9.17, 15) is 14.3 Å². The van der Waals surface area contributed by atoms with Crippen LogP contribution in [0.25, 0.3) is 21.5 Å². The Morgan fingerprint density at radius 3 is 2.71 bits per heavy atom. The second kappa shape index (κ2) is 4.93. The lowest BCUT2D eigenvalue weighted by Crippen LogP contribution is -2.05. The van der Waals surface area contributed by atoms with Crippen LogP contribution in [0.3, 0.4) is 0 Å². The van der Waals surface area contributed by atoms with Gasteiger partial charge in [0, 0.05) is 5.39 Å². The highest BCUT2D eigenvalue weighted by molar-refractivity contribution is 7.13. The van der Waals surface area contributed by atoms with Crippen LogP contribution in [0.4, 0.5) is 4.39 Å². The van der Waals surface area contributed by atoms with E-state index in [0.29, 0.717) is 22.2 Å². The number of benzene rings is 1. The normalized spacial score (nSPS) is 11.0. The molecule has 2 heterocycles. The SMILES string of the molecule is Cc1cc(F)c2nc(-c3cccs3)c(C)c(C(=O)O)c2c1. The molecule has 0 bridgehead atoms. The Morgan fingerprint density at radius 1 is 1.33 bits per heavy atom. The molecule has 0 atom stereocenters. The number of fused-ring (bicyclic) bond motifs is 1. The van der Waals surface area contributed by atoms with Gasteiger partial charge in [-0.15, -0.1) is 11.3 Å². The van der Waals surface area contributed by atoms with Crippen LogP contribution >= 0.6 is 11.3 Å². The third kappa shape index (κ3) is 2.19. The van der Waals surface area contributed by atoms with E-state index in [0.717, 1.165) is 4.88 Å². The highest BCUT2D eigenvalue weighted by atomic mass is 32.1. The minimum absolute atomic E-state index is 0.104. The summed E-state index contributed by atoms with van der Waals surface area (Å²) in [5.74, 6) is -1.56. The third-order valence-electron chi connectivity index (χ3n) is 3.40. The lowest BCUT2D eigenvalue weighted by atomic mass is 9.99. The van der Waals surface area contributed by atoms with Crippen LogP contribution in [0, 0.1) is 19.7 Å². The summed E-state index contributed by atoms with van der Waals surface area (Å²) in [5.41, 5.74) is 1.98. The van der Waals surface area contributed by atoms with Gasteiger partial charge in [0.2, 0.25) is 0 Å². The van der Waals surface area contributed by atoms with Crippen LogP contribution in [0.15, 0.2) is 29.6 Å². The van der Waals surface area contributed by atoms with Gasteiger partial charge in [0.1, 0.15) is 11.3 Å². The molecule has 0 amide bonds. The minimum atomic E-state index is -1.07. The number of thiophene rings is 1. The Morgan fingerprint density at radius 2 is 2.10 bits per heavy atom. The lowest BCUT2D eigenvalue weighted by Gasteiger charge is -2.12. The smallest absolute Gasteiger partial charge is 0.336 e. The minimum Gasteiger partial charge on any atom is -0.478 e. The molecule has 0 fully saturated rings. The highest BCUT2D eigenvalue weighted by Crippen LogP contribution is 2.33. The second-order valence-electron chi connectivity index (χ2n) is 4.89. The quantitative estimate of drug-likeness (QED) is 0.762. The van der Waals surface area contributed by atoms with E-state index in [4.69, 9.17) is 0 Å². The molecule has 3 aromatic rings. The average Bonchev–Trinajstić information content (AvgIpc) is 2.91. The van der Waals surface area contributed by atoms with Crippen LogP contribution < -0.4 is 0 Å². The van der Waals surface area contributed by atoms with Crippen molar-refractivity contribution < 1.29 is 14.3 Å².